The molecule has 4 nitrogen and oxygen atoms in total. The first kappa shape index (κ1) is 28.6. The summed E-state index contributed by atoms with van der Waals surface area (Å²) in [7, 11) is 4.49. The van der Waals surface area contributed by atoms with E-state index in [4.69, 9.17) is 0 Å². The van der Waals surface area contributed by atoms with Crippen molar-refractivity contribution in [2.45, 2.75) is 117 Å². The van der Waals surface area contributed by atoms with Crippen molar-refractivity contribution >= 4 is 5.91 Å². The number of likely N-dealkylation sites (tertiary alicyclic amines) is 2. The van der Waals surface area contributed by atoms with Gasteiger partial charge in [-0.1, -0.05) is 78.1 Å². The lowest BCUT2D eigenvalue weighted by Crippen LogP contribution is -2.55. The van der Waals surface area contributed by atoms with Crippen LogP contribution in [0.25, 0.3) is 0 Å². The summed E-state index contributed by atoms with van der Waals surface area (Å²) < 4.78 is 0. The molecule has 2 aliphatic heterocycles. The summed E-state index contributed by atoms with van der Waals surface area (Å²) in [6.45, 7) is 9.90. The van der Waals surface area contributed by atoms with Crippen LogP contribution in [0.15, 0.2) is 0 Å². The molecule has 2 rings (SSSR count). The monoisotopic (exact) mass is 463 g/mol. The van der Waals surface area contributed by atoms with Gasteiger partial charge in [0.25, 0.3) is 0 Å². The number of carbonyl (C=O) groups is 1. The number of nitrogens with one attached hydrogen (secondary N) is 1. The second-order valence-corrected chi connectivity index (χ2v) is 11.4. The molecule has 0 spiro atoms. The van der Waals surface area contributed by atoms with Gasteiger partial charge >= 0.3 is 0 Å². The average Bonchev–Trinajstić information content (AvgIpc) is 2.82. The van der Waals surface area contributed by atoms with Crippen LogP contribution >= 0.6 is 0 Å². The highest BCUT2D eigenvalue weighted by Gasteiger charge is 2.51. The zero-order chi connectivity index (χ0) is 23.9. The summed E-state index contributed by atoms with van der Waals surface area (Å²) in [5.74, 6) is 1.51. The summed E-state index contributed by atoms with van der Waals surface area (Å²) in [4.78, 5) is 18.9. The molecule has 4 heteroatoms. The number of amides is 1. The fraction of sp³-hybridized carbons (Fsp3) is 0.966. The Morgan fingerprint density at radius 3 is 1.55 bits per heavy atom. The van der Waals surface area contributed by atoms with E-state index >= 15 is 0 Å². The second kappa shape index (κ2) is 16.1. The maximum atomic E-state index is 13.9. The molecule has 0 aromatic rings. The minimum Gasteiger partial charge on any atom is -0.356 e. The molecule has 2 saturated heterocycles. The van der Waals surface area contributed by atoms with Crippen molar-refractivity contribution in [3.8, 4) is 0 Å². The van der Waals surface area contributed by atoms with Crippen molar-refractivity contribution in [3.05, 3.63) is 0 Å². The topological polar surface area (TPSA) is 35.6 Å². The maximum Gasteiger partial charge on any atom is 0.226 e. The van der Waals surface area contributed by atoms with Gasteiger partial charge in [-0.05, 0) is 90.6 Å². The van der Waals surface area contributed by atoms with Crippen LogP contribution in [0.2, 0.25) is 0 Å². The molecule has 1 amide bonds. The van der Waals surface area contributed by atoms with E-state index in [-0.39, 0.29) is 5.41 Å². The fourth-order valence-corrected chi connectivity index (χ4v) is 6.58. The van der Waals surface area contributed by atoms with E-state index in [0.29, 0.717) is 17.7 Å². The molecule has 0 atom stereocenters. The molecule has 0 unspecified atom stereocenters. The van der Waals surface area contributed by atoms with Crippen LogP contribution in [-0.2, 0) is 4.79 Å². The highest BCUT2D eigenvalue weighted by molar-refractivity contribution is 5.83. The van der Waals surface area contributed by atoms with E-state index in [9.17, 15) is 4.79 Å². The third-order valence-corrected chi connectivity index (χ3v) is 8.80. The standard InChI is InChI=1S/C29H57N3O/c1-5-7-8-9-10-11-12-13-14-15-20-29(28(33)30-21-6-2,26-16-22-31(3)23-17-26)27-18-24-32(4)25-19-27/h26-27H,5-25H2,1-4H3,(H,30,33). The van der Waals surface area contributed by atoms with Crippen LogP contribution in [0.4, 0.5) is 0 Å². The number of hydrogen-bond acceptors (Lipinski definition) is 3. The number of carbonyl (C=O) groups excluding carboxylic acids is 1. The minimum atomic E-state index is -0.141. The van der Waals surface area contributed by atoms with Gasteiger partial charge in [-0.2, -0.15) is 0 Å². The molecule has 0 aliphatic carbocycles. The number of unbranched alkanes of at least 4 members (excludes halogenated alkanes) is 9. The Morgan fingerprint density at radius 1 is 0.697 bits per heavy atom. The fourth-order valence-electron chi connectivity index (χ4n) is 6.58. The van der Waals surface area contributed by atoms with E-state index in [1.54, 1.807) is 0 Å². The lowest BCUT2D eigenvalue weighted by Gasteiger charge is -2.50. The third kappa shape index (κ3) is 9.17. The first-order valence-electron chi connectivity index (χ1n) is 14.7. The molecule has 2 aliphatic rings. The third-order valence-electron chi connectivity index (χ3n) is 8.80. The Labute approximate surface area is 206 Å². The number of piperidine rings is 2. The molecule has 0 aromatic carbocycles. The summed E-state index contributed by atoms with van der Waals surface area (Å²) >= 11 is 0. The van der Waals surface area contributed by atoms with E-state index in [2.05, 4.69) is 43.1 Å². The zero-order valence-electron chi connectivity index (χ0n) is 22.8. The molecule has 0 aromatic heterocycles. The minimum absolute atomic E-state index is 0.141. The van der Waals surface area contributed by atoms with Crippen LogP contribution in [0.5, 0.6) is 0 Å². The summed E-state index contributed by atoms with van der Waals surface area (Å²) in [6.07, 6.45) is 20.6. The van der Waals surface area contributed by atoms with Gasteiger partial charge in [-0.25, -0.2) is 0 Å². The second-order valence-electron chi connectivity index (χ2n) is 11.4. The van der Waals surface area contributed by atoms with Crippen molar-refractivity contribution < 1.29 is 4.79 Å². The molecule has 194 valence electrons. The summed E-state index contributed by atoms with van der Waals surface area (Å²) in [5.41, 5.74) is -0.141. The largest absolute Gasteiger partial charge is 0.356 e. The smallest absolute Gasteiger partial charge is 0.226 e. The van der Waals surface area contributed by atoms with E-state index in [0.717, 1.165) is 45.6 Å². The molecule has 0 saturated carbocycles. The molecule has 0 bridgehead atoms. The molecule has 2 heterocycles. The van der Waals surface area contributed by atoms with E-state index in [1.807, 2.05) is 0 Å². The Morgan fingerprint density at radius 2 is 1.12 bits per heavy atom. The lowest BCUT2D eigenvalue weighted by molar-refractivity contribution is -0.143. The van der Waals surface area contributed by atoms with E-state index < -0.39 is 0 Å². The van der Waals surface area contributed by atoms with Crippen LogP contribution in [0, 0.1) is 17.3 Å². The van der Waals surface area contributed by atoms with Gasteiger partial charge in [0.05, 0.1) is 5.41 Å². The van der Waals surface area contributed by atoms with Gasteiger partial charge in [0.15, 0.2) is 0 Å². The Hall–Kier alpha value is -0.610. The highest BCUT2D eigenvalue weighted by atomic mass is 16.2. The van der Waals surface area contributed by atoms with Crippen molar-refractivity contribution in [1.29, 1.82) is 0 Å². The van der Waals surface area contributed by atoms with Gasteiger partial charge in [0.2, 0.25) is 5.91 Å². The first-order valence-corrected chi connectivity index (χ1v) is 14.7. The van der Waals surface area contributed by atoms with Crippen molar-refractivity contribution in [2.24, 2.45) is 17.3 Å². The van der Waals surface area contributed by atoms with Crippen LogP contribution < -0.4 is 5.32 Å². The molecular weight excluding hydrogens is 406 g/mol. The molecule has 0 radical (unpaired) electrons. The van der Waals surface area contributed by atoms with Crippen molar-refractivity contribution in [2.75, 3.05) is 46.8 Å². The quantitative estimate of drug-likeness (QED) is 0.266. The van der Waals surface area contributed by atoms with Gasteiger partial charge in [-0.3, -0.25) is 4.79 Å². The van der Waals surface area contributed by atoms with Gasteiger partial charge in [-0.15, -0.1) is 0 Å². The Balaban J connectivity index is 1.99. The summed E-state index contributed by atoms with van der Waals surface area (Å²) in [6, 6.07) is 0. The Bertz CT molecular complexity index is 485. The number of nitrogens with zero attached hydrogens (tertiary/aromatic N) is 2. The first-order chi connectivity index (χ1) is 16.0. The predicted octanol–water partition coefficient (Wildman–Crippen LogP) is 6.49. The SMILES string of the molecule is CCCCCCCCCCCCC(C(=O)NCCC)(C1CCN(C)CC1)C1CCN(C)CC1. The zero-order valence-corrected chi connectivity index (χ0v) is 22.8. The Kier molecular flexibility index (Phi) is 14.0. The van der Waals surface area contributed by atoms with Crippen molar-refractivity contribution in [3.63, 3.8) is 0 Å². The van der Waals surface area contributed by atoms with Crippen LogP contribution in [0.3, 0.4) is 0 Å². The van der Waals surface area contributed by atoms with Gasteiger partial charge in [0, 0.05) is 6.54 Å². The maximum absolute atomic E-state index is 13.9. The highest BCUT2D eigenvalue weighted by Crippen LogP contribution is 2.49. The van der Waals surface area contributed by atoms with Crippen molar-refractivity contribution in [1.82, 2.24) is 15.1 Å². The molecule has 33 heavy (non-hydrogen) atoms. The average molecular weight is 464 g/mol. The number of hydrogen-bond donors (Lipinski definition) is 1. The normalized spacial score (nSPS) is 19.8. The molecule has 2 fully saturated rings. The molecular formula is C29H57N3O. The van der Waals surface area contributed by atoms with Crippen LogP contribution in [-0.4, -0.2) is 62.5 Å². The predicted molar refractivity (Wildman–Crippen MR) is 143 cm³/mol. The van der Waals surface area contributed by atoms with Gasteiger partial charge in [0.1, 0.15) is 0 Å². The lowest BCUT2D eigenvalue weighted by atomic mass is 9.58. The summed E-state index contributed by atoms with van der Waals surface area (Å²) in [5, 5.41) is 3.41. The van der Waals surface area contributed by atoms with E-state index in [1.165, 1.54) is 89.9 Å². The van der Waals surface area contributed by atoms with Gasteiger partial charge < -0.3 is 15.1 Å². The molecule has 1 N–H and O–H groups in total. The van der Waals surface area contributed by atoms with Crippen LogP contribution in [0.1, 0.15) is 117 Å². The number of rotatable bonds is 16.